The third kappa shape index (κ3) is 2.77. The van der Waals surface area contributed by atoms with Crippen LogP contribution in [0.5, 0.6) is 0 Å². The molecule has 0 radical (unpaired) electrons. The van der Waals surface area contributed by atoms with Crippen LogP contribution in [0.15, 0.2) is 53.3 Å². The van der Waals surface area contributed by atoms with Gasteiger partial charge >= 0.3 is 0 Å². The van der Waals surface area contributed by atoms with Crippen molar-refractivity contribution in [2.45, 2.75) is 13.8 Å². The predicted octanol–water partition coefficient (Wildman–Crippen LogP) is 6.26. The molecule has 0 bridgehead atoms. The SMILES string of the molecule is Cc1cccc(C)c1Nc1c(-c2ccco2)nc2c(Cl)cc(Cl)cn12. The van der Waals surface area contributed by atoms with Crippen molar-refractivity contribution in [2.75, 3.05) is 5.32 Å². The van der Waals surface area contributed by atoms with Crippen molar-refractivity contribution in [2.24, 2.45) is 0 Å². The zero-order valence-electron chi connectivity index (χ0n) is 13.7. The molecule has 0 atom stereocenters. The second kappa shape index (κ2) is 6.14. The number of para-hydroxylation sites is 1. The smallest absolute Gasteiger partial charge is 0.158 e. The third-order valence-corrected chi connectivity index (χ3v) is 4.61. The molecule has 4 rings (SSSR count). The van der Waals surface area contributed by atoms with E-state index in [0.29, 0.717) is 27.1 Å². The number of imidazole rings is 1. The van der Waals surface area contributed by atoms with E-state index >= 15 is 0 Å². The Kier molecular flexibility index (Phi) is 3.94. The van der Waals surface area contributed by atoms with Crippen molar-refractivity contribution in [3.63, 3.8) is 0 Å². The lowest BCUT2D eigenvalue weighted by Gasteiger charge is -2.13. The van der Waals surface area contributed by atoms with Crippen LogP contribution < -0.4 is 5.32 Å². The van der Waals surface area contributed by atoms with Crippen molar-refractivity contribution in [3.8, 4) is 11.5 Å². The fourth-order valence-corrected chi connectivity index (χ4v) is 3.42. The van der Waals surface area contributed by atoms with E-state index in [2.05, 4.69) is 36.3 Å². The highest BCUT2D eigenvalue weighted by molar-refractivity contribution is 6.36. The molecular formula is C19H15Cl2N3O. The maximum atomic E-state index is 6.35. The standard InChI is InChI=1S/C19H15Cl2N3O/c1-11-5-3-6-12(2)16(11)22-19-17(15-7-4-8-25-15)23-18-14(21)9-13(20)10-24(18)19/h3-10,22H,1-2H3. The van der Waals surface area contributed by atoms with Gasteiger partial charge in [0, 0.05) is 11.9 Å². The van der Waals surface area contributed by atoms with E-state index < -0.39 is 0 Å². The van der Waals surface area contributed by atoms with Gasteiger partial charge in [0.2, 0.25) is 0 Å². The molecule has 0 aliphatic carbocycles. The summed E-state index contributed by atoms with van der Waals surface area (Å²) in [5.74, 6) is 1.41. The summed E-state index contributed by atoms with van der Waals surface area (Å²) in [4.78, 5) is 4.67. The van der Waals surface area contributed by atoms with Gasteiger partial charge in [-0.1, -0.05) is 41.4 Å². The first-order valence-electron chi connectivity index (χ1n) is 7.79. The first-order chi connectivity index (χ1) is 12.0. The van der Waals surface area contributed by atoms with Crippen molar-refractivity contribution in [1.29, 1.82) is 0 Å². The van der Waals surface area contributed by atoms with Gasteiger partial charge in [-0.25, -0.2) is 4.98 Å². The minimum Gasteiger partial charge on any atom is -0.463 e. The maximum absolute atomic E-state index is 6.35. The number of hydrogen-bond acceptors (Lipinski definition) is 3. The number of benzene rings is 1. The van der Waals surface area contributed by atoms with Crippen LogP contribution in [0.4, 0.5) is 11.5 Å². The Morgan fingerprint density at radius 3 is 2.52 bits per heavy atom. The number of furan rings is 1. The number of fused-ring (bicyclic) bond motifs is 1. The molecule has 3 heterocycles. The van der Waals surface area contributed by atoms with Crippen LogP contribution in [0.25, 0.3) is 17.1 Å². The molecule has 0 aliphatic rings. The lowest BCUT2D eigenvalue weighted by Crippen LogP contribution is -2.00. The van der Waals surface area contributed by atoms with Crippen LogP contribution in [-0.4, -0.2) is 9.38 Å². The fraction of sp³-hybridized carbons (Fsp3) is 0.105. The molecule has 0 unspecified atom stereocenters. The van der Waals surface area contributed by atoms with E-state index in [9.17, 15) is 0 Å². The molecular weight excluding hydrogens is 357 g/mol. The summed E-state index contributed by atoms with van der Waals surface area (Å²) in [5, 5.41) is 4.51. The number of hydrogen-bond donors (Lipinski definition) is 1. The van der Waals surface area contributed by atoms with E-state index in [0.717, 1.165) is 22.6 Å². The molecule has 0 saturated carbocycles. The number of pyridine rings is 1. The Bertz CT molecular complexity index is 1050. The van der Waals surface area contributed by atoms with Gasteiger partial charge in [0.25, 0.3) is 0 Å². The molecule has 6 heteroatoms. The van der Waals surface area contributed by atoms with Crippen LogP contribution in [0.3, 0.4) is 0 Å². The summed E-state index contributed by atoms with van der Waals surface area (Å²) >= 11 is 12.6. The van der Waals surface area contributed by atoms with Gasteiger partial charge in [0.1, 0.15) is 11.5 Å². The molecule has 3 aromatic heterocycles. The van der Waals surface area contributed by atoms with Crippen LogP contribution in [0, 0.1) is 13.8 Å². The van der Waals surface area contributed by atoms with Gasteiger partial charge in [-0.15, -0.1) is 0 Å². The second-order valence-corrected chi connectivity index (χ2v) is 6.72. The Morgan fingerprint density at radius 1 is 1.08 bits per heavy atom. The Balaban J connectivity index is 1.99. The number of halogens is 2. The largest absolute Gasteiger partial charge is 0.463 e. The zero-order valence-corrected chi connectivity index (χ0v) is 15.2. The Labute approximate surface area is 155 Å². The van der Waals surface area contributed by atoms with E-state index in [1.54, 1.807) is 18.5 Å². The van der Waals surface area contributed by atoms with Gasteiger partial charge in [-0.2, -0.15) is 0 Å². The van der Waals surface area contributed by atoms with E-state index in [1.165, 1.54) is 0 Å². The lowest BCUT2D eigenvalue weighted by atomic mass is 10.1. The molecule has 0 aliphatic heterocycles. The van der Waals surface area contributed by atoms with Crippen LogP contribution in [-0.2, 0) is 0 Å². The summed E-state index contributed by atoms with van der Waals surface area (Å²) in [6, 6.07) is 11.5. The predicted molar refractivity (Wildman–Crippen MR) is 102 cm³/mol. The van der Waals surface area contributed by atoms with Crippen LogP contribution in [0.1, 0.15) is 11.1 Å². The average Bonchev–Trinajstić information content (AvgIpc) is 3.19. The van der Waals surface area contributed by atoms with Gasteiger partial charge < -0.3 is 9.73 Å². The summed E-state index contributed by atoms with van der Waals surface area (Å²) in [6.45, 7) is 4.12. The molecule has 4 nitrogen and oxygen atoms in total. The summed E-state index contributed by atoms with van der Waals surface area (Å²) in [6.07, 6.45) is 3.41. The summed E-state index contributed by atoms with van der Waals surface area (Å²) < 4.78 is 7.42. The summed E-state index contributed by atoms with van der Waals surface area (Å²) in [7, 11) is 0. The molecule has 0 saturated heterocycles. The lowest BCUT2D eigenvalue weighted by molar-refractivity contribution is 0.581. The zero-order chi connectivity index (χ0) is 17.6. The quantitative estimate of drug-likeness (QED) is 0.461. The number of aryl methyl sites for hydroxylation is 2. The molecule has 4 aromatic rings. The van der Waals surface area contributed by atoms with Crippen molar-refractivity contribution in [3.05, 3.63) is 70.0 Å². The molecule has 1 N–H and O–H groups in total. The maximum Gasteiger partial charge on any atom is 0.158 e. The first kappa shape index (κ1) is 16.1. The number of nitrogens with one attached hydrogen (secondary N) is 1. The Morgan fingerprint density at radius 2 is 1.84 bits per heavy atom. The first-order valence-corrected chi connectivity index (χ1v) is 8.54. The normalized spacial score (nSPS) is 11.2. The minimum atomic E-state index is 0.481. The van der Waals surface area contributed by atoms with Crippen molar-refractivity contribution < 1.29 is 4.42 Å². The van der Waals surface area contributed by atoms with Gasteiger partial charge in [0.05, 0.1) is 16.3 Å². The molecule has 126 valence electrons. The third-order valence-electron chi connectivity index (χ3n) is 4.12. The highest BCUT2D eigenvalue weighted by atomic mass is 35.5. The van der Waals surface area contributed by atoms with Crippen LogP contribution in [0.2, 0.25) is 10.0 Å². The molecule has 0 amide bonds. The van der Waals surface area contributed by atoms with E-state index in [-0.39, 0.29) is 0 Å². The average molecular weight is 372 g/mol. The monoisotopic (exact) mass is 371 g/mol. The number of aromatic nitrogens is 2. The Hall–Kier alpha value is -2.43. The highest BCUT2D eigenvalue weighted by Gasteiger charge is 2.19. The van der Waals surface area contributed by atoms with Crippen molar-refractivity contribution >= 4 is 40.4 Å². The molecule has 1 aromatic carbocycles. The summed E-state index contributed by atoms with van der Waals surface area (Å²) in [5.41, 5.74) is 4.58. The van der Waals surface area contributed by atoms with Gasteiger partial charge in [0.15, 0.2) is 11.4 Å². The van der Waals surface area contributed by atoms with Crippen molar-refractivity contribution in [1.82, 2.24) is 9.38 Å². The number of nitrogens with zero attached hydrogens (tertiary/aromatic N) is 2. The van der Waals surface area contributed by atoms with Gasteiger partial charge in [-0.3, -0.25) is 4.40 Å². The van der Waals surface area contributed by atoms with Gasteiger partial charge in [-0.05, 0) is 43.2 Å². The molecule has 0 spiro atoms. The number of rotatable bonds is 3. The molecule has 0 fully saturated rings. The topological polar surface area (TPSA) is 42.5 Å². The number of anilines is 2. The fourth-order valence-electron chi connectivity index (χ4n) is 2.91. The highest BCUT2D eigenvalue weighted by Crippen LogP contribution is 2.36. The van der Waals surface area contributed by atoms with Crippen LogP contribution >= 0.6 is 23.2 Å². The minimum absolute atomic E-state index is 0.481. The second-order valence-electron chi connectivity index (χ2n) is 5.88. The van der Waals surface area contributed by atoms with E-state index in [1.807, 2.05) is 22.6 Å². The molecule has 25 heavy (non-hydrogen) atoms. The van der Waals surface area contributed by atoms with E-state index in [4.69, 9.17) is 27.6 Å².